The lowest BCUT2D eigenvalue weighted by Gasteiger charge is -2.17. The van der Waals surface area contributed by atoms with Crippen molar-refractivity contribution >= 4 is 15.9 Å². The summed E-state index contributed by atoms with van der Waals surface area (Å²) in [5.74, 6) is 0.990. The highest BCUT2D eigenvalue weighted by Gasteiger charge is 2.43. The van der Waals surface area contributed by atoms with Crippen molar-refractivity contribution in [3.05, 3.63) is 28.8 Å². The maximum atomic E-state index is 8.81. The molecular weight excluding hydrogens is 290 g/mol. The van der Waals surface area contributed by atoms with Gasteiger partial charge in [0.2, 0.25) is 0 Å². The predicted octanol–water partition coefficient (Wildman–Crippen LogP) is 4.27. The fourth-order valence-electron chi connectivity index (χ4n) is 2.29. The summed E-state index contributed by atoms with van der Waals surface area (Å²) in [4.78, 5) is 0. The molecule has 0 heterocycles. The van der Waals surface area contributed by atoms with Crippen LogP contribution in [0.5, 0.6) is 5.75 Å². The van der Waals surface area contributed by atoms with Crippen molar-refractivity contribution in [2.45, 2.75) is 38.4 Å². The fourth-order valence-corrected chi connectivity index (χ4v) is 2.61. The van der Waals surface area contributed by atoms with E-state index in [-0.39, 0.29) is 5.41 Å². The Morgan fingerprint density at radius 2 is 1.94 bits per heavy atom. The van der Waals surface area contributed by atoms with E-state index in [4.69, 9.17) is 10.00 Å². The fraction of sp³-hybridized carbons (Fsp3) is 0.533. The van der Waals surface area contributed by atoms with Gasteiger partial charge in [0, 0.05) is 17.2 Å². The molecule has 0 amide bonds. The van der Waals surface area contributed by atoms with Crippen LogP contribution in [0.3, 0.4) is 0 Å². The third kappa shape index (κ3) is 2.87. The first-order valence-electron chi connectivity index (χ1n) is 6.26. The summed E-state index contributed by atoms with van der Waals surface area (Å²) in [7, 11) is 0. The van der Waals surface area contributed by atoms with Gasteiger partial charge in [0.15, 0.2) is 0 Å². The number of rotatable bonds is 5. The largest absolute Gasteiger partial charge is 0.492 e. The lowest BCUT2D eigenvalue weighted by Crippen LogP contribution is -2.13. The van der Waals surface area contributed by atoms with Gasteiger partial charge in [0.05, 0.1) is 12.7 Å². The molecule has 2 rings (SSSR count). The van der Waals surface area contributed by atoms with Crippen molar-refractivity contribution in [3.63, 3.8) is 0 Å². The van der Waals surface area contributed by atoms with Gasteiger partial charge in [-0.15, -0.1) is 0 Å². The van der Waals surface area contributed by atoms with E-state index in [1.165, 1.54) is 16.7 Å². The normalized spacial score (nSPS) is 16.1. The van der Waals surface area contributed by atoms with Gasteiger partial charge in [-0.05, 0) is 43.4 Å². The van der Waals surface area contributed by atoms with Crippen LogP contribution in [0.4, 0.5) is 0 Å². The summed E-state index contributed by atoms with van der Waals surface area (Å²) in [6.07, 6.45) is 2.86. The molecule has 2 nitrogen and oxygen atoms in total. The molecule has 0 N–H and O–H groups in total. The highest BCUT2D eigenvalue weighted by Crippen LogP contribution is 2.49. The predicted molar refractivity (Wildman–Crippen MR) is 75.9 cm³/mol. The average molecular weight is 308 g/mol. The molecule has 1 aromatic rings. The average Bonchev–Trinajstić information content (AvgIpc) is 3.08. The van der Waals surface area contributed by atoms with Crippen molar-refractivity contribution in [3.8, 4) is 11.8 Å². The molecule has 0 saturated heterocycles. The molecule has 0 aromatic heterocycles. The van der Waals surface area contributed by atoms with E-state index >= 15 is 0 Å². The molecule has 1 aromatic carbocycles. The van der Waals surface area contributed by atoms with Crippen LogP contribution in [0.15, 0.2) is 12.1 Å². The number of ether oxygens (including phenoxy) is 1. The van der Waals surface area contributed by atoms with E-state index < -0.39 is 0 Å². The van der Waals surface area contributed by atoms with Gasteiger partial charge in [-0.2, -0.15) is 5.26 Å². The van der Waals surface area contributed by atoms with E-state index in [1.54, 1.807) is 0 Å². The highest BCUT2D eigenvalue weighted by atomic mass is 79.9. The number of halogens is 1. The molecule has 1 fully saturated rings. The van der Waals surface area contributed by atoms with Gasteiger partial charge in [0.25, 0.3) is 0 Å². The molecule has 1 aliphatic rings. The molecular formula is C15H18BrNO. The Morgan fingerprint density at radius 1 is 1.33 bits per heavy atom. The zero-order chi connectivity index (χ0) is 13.2. The smallest absolute Gasteiger partial charge is 0.125 e. The van der Waals surface area contributed by atoms with Crippen molar-refractivity contribution < 1.29 is 4.74 Å². The number of nitrogens with zero attached hydrogens (tertiary/aromatic N) is 1. The molecule has 0 spiro atoms. The number of alkyl halides is 1. The van der Waals surface area contributed by atoms with Crippen molar-refractivity contribution in [2.24, 2.45) is 5.41 Å². The number of benzene rings is 1. The van der Waals surface area contributed by atoms with Gasteiger partial charge in [0.1, 0.15) is 5.75 Å². The van der Waals surface area contributed by atoms with E-state index in [0.29, 0.717) is 13.0 Å². The van der Waals surface area contributed by atoms with E-state index in [9.17, 15) is 0 Å². The van der Waals surface area contributed by atoms with Crippen LogP contribution in [-0.4, -0.2) is 6.61 Å². The van der Waals surface area contributed by atoms with Crippen LogP contribution in [0.2, 0.25) is 0 Å². The maximum Gasteiger partial charge on any atom is 0.125 e. The van der Waals surface area contributed by atoms with Crippen molar-refractivity contribution in [1.29, 1.82) is 5.26 Å². The number of nitriles is 1. The summed E-state index contributed by atoms with van der Waals surface area (Å²) in [5.41, 5.74) is 3.77. The zero-order valence-electron chi connectivity index (χ0n) is 10.9. The van der Waals surface area contributed by atoms with Gasteiger partial charge in [-0.25, -0.2) is 0 Å². The minimum Gasteiger partial charge on any atom is -0.492 e. The van der Waals surface area contributed by atoms with Crippen molar-refractivity contribution in [2.75, 3.05) is 6.61 Å². The highest BCUT2D eigenvalue weighted by molar-refractivity contribution is 9.08. The summed E-state index contributed by atoms with van der Waals surface area (Å²) in [6, 6.07) is 6.58. The summed E-state index contributed by atoms with van der Waals surface area (Å²) < 4.78 is 5.98. The minimum absolute atomic E-state index is 0.141. The molecule has 0 aliphatic heterocycles. The van der Waals surface area contributed by atoms with Crippen LogP contribution in [0.1, 0.15) is 36.0 Å². The lowest BCUT2D eigenvalue weighted by molar-refractivity contribution is 0.234. The second-order valence-corrected chi connectivity index (χ2v) is 5.88. The molecule has 96 valence electrons. The second kappa shape index (κ2) is 5.32. The number of hydrogen-bond acceptors (Lipinski definition) is 2. The first kappa shape index (κ1) is 13.4. The van der Waals surface area contributed by atoms with Crippen LogP contribution in [-0.2, 0) is 5.33 Å². The zero-order valence-corrected chi connectivity index (χ0v) is 12.5. The SMILES string of the molecule is Cc1cc(CBr)cc(C)c1OCC1(CC#N)CC1. The van der Waals surface area contributed by atoms with E-state index in [1.807, 2.05) is 0 Å². The van der Waals surface area contributed by atoms with Gasteiger partial charge < -0.3 is 4.74 Å². The Balaban J connectivity index is 2.08. The van der Waals surface area contributed by atoms with Crippen LogP contribution < -0.4 is 4.74 Å². The Labute approximate surface area is 117 Å². The first-order valence-corrected chi connectivity index (χ1v) is 7.38. The van der Waals surface area contributed by atoms with Gasteiger partial charge >= 0.3 is 0 Å². The maximum absolute atomic E-state index is 8.81. The van der Waals surface area contributed by atoms with Crippen LogP contribution >= 0.6 is 15.9 Å². The summed E-state index contributed by atoms with van der Waals surface area (Å²) in [5, 5.41) is 9.67. The topological polar surface area (TPSA) is 33.0 Å². The Kier molecular flexibility index (Phi) is 3.97. The van der Waals surface area contributed by atoms with Crippen molar-refractivity contribution in [1.82, 2.24) is 0 Å². The Hall–Kier alpha value is -1.01. The molecule has 0 bridgehead atoms. The second-order valence-electron chi connectivity index (χ2n) is 5.32. The molecule has 0 unspecified atom stereocenters. The van der Waals surface area contributed by atoms with Crippen LogP contribution in [0, 0.1) is 30.6 Å². The summed E-state index contributed by atoms with van der Waals surface area (Å²) >= 11 is 3.47. The summed E-state index contributed by atoms with van der Waals surface area (Å²) in [6.45, 7) is 4.84. The third-order valence-electron chi connectivity index (χ3n) is 3.61. The lowest BCUT2D eigenvalue weighted by atomic mass is 10.0. The number of hydrogen-bond donors (Lipinski definition) is 0. The van der Waals surface area contributed by atoms with E-state index in [2.05, 4.69) is 48.0 Å². The molecule has 1 aliphatic carbocycles. The monoisotopic (exact) mass is 307 g/mol. The Morgan fingerprint density at radius 3 is 2.39 bits per heavy atom. The standard InChI is InChI=1S/C15H18BrNO/c1-11-7-13(9-16)8-12(2)14(11)18-10-15(3-4-15)5-6-17/h7-8H,3-5,9-10H2,1-2H3. The first-order chi connectivity index (χ1) is 8.60. The molecule has 0 radical (unpaired) electrons. The number of aryl methyl sites for hydroxylation is 2. The minimum atomic E-state index is 0.141. The van der Waals surface area contributed by atoms with Crippen LogP contribution in [0.25, 0.3) is 0 Å². The molecule has 3 heteroatoms. The molecule has 0 atom stereocenters. The van der Waals surface area contributed by atoms with E-state index in [0.717, 1.165) is 23.9 Å². The molecule has 1 saturated carbocycles. The Bertz CT molecular complexity index is 463. The van der Waals surface area contributed by atoms with Gasteiger partial charge in [-0.3, -0.25) is 0 Å². The third-order valence-corrected chi connectivity index (χ3v) is 4.26. The van der Waals surface area contributed by atoms with Gasteiger partial charge in [-0.1, -0.05) is 28.1 Å². The quantitative estimate of drug-likeness (QED) is 0.761. The molecule has 18 heavy (non-hydrogen) atoms.